The average molecular weight is 346 g/mol. The zero-order valence-electron chi connectivity index (χ0n) is 11.9. The standard InChI is InChI=1S/C10H14N6O6S/c1-12-9(17)15-3-5-7-4-14(6(2-11)8(5)13-15)10(18)16(7)22-23(19,20)21/h3,6-7H,2,4,11H2,1H3,(H,12,17)(H,19,20,21). The van der Waals surface area contributed by atoms with E-state index < -0.39 is 34.5 Å². The fourth-order valence-electron chi connectivity index (χ4n) is 2.79. The second-order valence-electron chi connectivity index (χ2n) is 5.00. The molecule has 0 radical (unpaired) electrons. The van der Waals surface area contributed by atoms with Gasteiger partial charge in [0, 0.05) is 25.4 Å². The monoisotopic (exact) mass is 346 g/mol. The number of aromatic nitrogens is 2. The van der Waals surface area contributed by atoms with Gasteiger partial charge in [-0.15, -0.1) is 4.28 Å². The van der Waals surface area contributed by atoms with Gasteiger partial charge in [-0.3, -0.25) is 4.55 Å². The number of amides is 3. The molecular weight excluding hydrogens is 332 g/mol. The fraction of sp³-hybridized carbons (Fsp3) is 0.500. The van der Waals surface area contributed by atoms with Gasteiger partial charge in [0.1, 0.15) is 6.04 Å². The lowest BCUT2D eigenvalue weighted by atomic mass is 9.98. The molecule has 1 saturated heterocycles. The molecule has 2 aliphatic heterocycles. The summed E-state index contributed by atoms with van der Waals surface area (Å²) in [6.07, 6.45) is 1.37. The Morgan fingerprint density at radius 1 is 1.61 bits per heavy atom. The van der Waals surface area contributed by atoms with Crippen LogP contribution in [0.4, 0.5) is 9.59 Å². The van der Waals surface area contributed by atoms with E-state index in [1.54, 1.807) is 0 Å². The molecule has 3 heterocycles. The van der Waals surface area contributed by atoms with Gasteiger partial charge < -0.3 is 16.0 Å². The minimum absolute atomic E-state index is 0.0237. The van der Waals surface area contributed by atoms with E-state index in [2.05, 4.69) is 14.7 Å². The maximum Gasteiger partial charge on any atom is 0.418 e. The molecule has 1 fully saturated rings. The Morgan fingerprint density at radius 3 is 2.87 bits per heavy atom. The Bertz CT molecular complexity index is 775. The molecule has 1 aromatic heterocycles. The molecule has 3 rings (SSSR count). The summed E-state index contributed by atoms with van der Waals surface area (Å²) in [6, 6.07) is -2.72. The molecule has 3 amide bonds. The minimum Gasteiger partial charge on any atom is -0.339 e. The number of fused-ring (bicyclic) bond motifs is 4. The van der Waals surface area contributed by atoms with Gasteiger partial charge in [-0.25, -0.2) is 9.59 Å². The van der Waals surface area contributed by atoms with Crippen LogP contribution in [0.3, 0.4) is 0 Å². The Hall–Kier alpha value is -2.22. The van der Waals surface area contributed by atoms with Gasteiger partial charge in [0.2, 0.25) is 0 Å². The molecule has 1 aromatic rings. The molecule has 13 heteroatoms. The highest BCUT2D eigenvalue weighted by Gasteiger charge is 2.51. The molecule has 12 nitrogen and oxygen atoms in total. The number of rotatable bonds is 3. The number of nitrogens with zero attached hydrogens (tertiary/aromatic N) is 4. The van der Waals surface area contributed by atoms with Crippen LogP contribution in [0, 0.1) is 0 Å². The predicted octanol–water partition coefficient (Wildman–Crippen LogP) is -1.40. The summed E-state index contributed by atoms with van der Waals surface area (Å²) in [6.45, 7) is 0.124. The van der Waals surface area contributed by atoms with E-state index in [0.29, 0.717) is 16.3 Å². The van der Waals surface area contributed by atoms with Crippen LogP contribution in [-0.2, 0) is 14.7 Å². The molecule has 2 unspecified atom stereocenters. The van der Waals surface area contributed by atoms with Crippen molar-refractivity contribution in [3.8, 4) is 0 Å². The van der Waals surface area contributed by atoms with E-state index in [4.69, 9.17) is 10.3 Å². The van der Waals surface area contributed by atoms with Crippen molar-refractivity contribution in [2.75, 3.05) is 20.1 Å². The highest BCUT2D eigenvalue weighted by atomic mass is 32.3. The van der Waals surface area contributed by atoms with E-state index in [-0.39, 0.29) is 13.1 Å². The Morgan fingerprint density at radius 2 is 2.30 bits per heavy atom. The Balaban J connectivity index is 2.06. The van der Waals surface area contributed by atoms with E-state index in [1.165, 1.54) is 18.1 Å². The van der Waals surface area contributed by atoms with Gasteiger partial charge in [0.15, 0.2) is 0 Å². The molecule has 4 N–H and O–H groups in total. The number of carbonyl (C=O) groups is 2. The third-order valence-corrected chi connectivity index (χ3v) is 4.08. The molecular formula is C10H14N6O6S. The zero-order valence-corrected chi connectivity index (χ0v) is 12.7. The zero-order chi connectivity index (χ0) is 16.9. The molecule has 23 heavy (non-hydrogen) atoms. The topological polar surface area (TPSA) is 160 Å². The van der Waals surface area contributed by atoms with Crippen LogP contribution in [0.25, 0.3) is 0 Å². The number of nitrogens with two attached hydrogens (primary N) is 1. The van der Waals surface area contributed by atoms with Gasteiger partial charge in [-0.05, 0) is 0 Å². The van der Waals surface area contributed by atoms with Crippen molar-refractivity contribution in [3.63, 3.8) is 0 Å². The van der Waals surface area contributed by atoms with Crippen molar-refractivity contribution < 1.29 is 26.8 Å². The normalized spacial score (nSPS) is 23.2. The van der Waals surface area contributed by atoms with Crippen molar-refractivity contribution in [1.82, 2.24) is 25.1 Å². The third kappa shape index (κ3) is 2.42. The Kier molecular flexibility index (Phi) is 3.51. The lowest BCUT2D eigenvalue weighted by molar-refractivity contribution is -0.0317. The SMILES string of the molecule is CNC(=O)n1cc2c(n1)C(CN)N1CC2N(OS(=O)(=O)O)C1=O. The molecule has 2 bridgehead atoms. The van der Waals surface area contributed by atoms with Crippen LogP contribution in [0.2, 0.25) is 0 Å². The summed E-state index contributed by atoms with van der Waals surface area (Å²) in [5.74, 6) is 0. The van der Waals surface area contributed by atoms with Gasteiger partial charge in [0.05, 0.1) is 18.3 Å². The van der Waals surface area contributed by atoms with Gasteiger partial charge in [-0.1, -0.05) is 0 Å². The van der Waals surface area contributed by atoms with Crippen molar-refractivity contribution in [2.45, 2.75) is 12.1 Å². The van der Waals surface area contributed by atoms with Gasteiger partial charge >= 0.3 is 22.5 Å². The number of carbonyl (C=O) groups excluding carboxylic acids is 2. The lowest BCUT2D eigenvalue weighted by Gasteiger charge is -2.28. The van der Waals surface area contributed by atoms with E-state index in [1.807, 2.05) is 0 Å². The van der Waals surface area contributed by atoms with Crippen LogP contribution >= 0.6 is 0 Å². The molecule has 2 aliphatic rings. The average Bonchev–Trinajstić information content (AvgIpc) is 3.03. The summed E-state index contributed by atoms with van der Waals surface area (Å²) in [4.78, 5) is 25.2. The third-order valence-electron chi connectivity index (χ3n) is 3.73. The van der Waals surface area contributed by atoms with E-state index in [0.717, 1.165) is 4.68 Å². The summed E-state index contributed by atoms with van der Waals surface area (Å²) in [5.41, 5.74) is 6.49. The number of hydroxylamine groups is 2. The van der Waals surface area contributed by atoms with E-state index >= 15 is 0 Å². The fourth-order valence-corrected chi connectivity index (χ4v) is 3.16. The van der Waals surface area contributed by atoms with Crippen LogP contribution in [0.15, 0.2) is 6.20 Å². The molecule has 0 saturated carbocycles. The summed E-state index contributed by atoms with van der Waals surface area (Å²) >= 11 is 0. The van der Waals surface area contributed by atoms with Gasteiger partial charge in [-0.2, -0.15) is 23.3 Å². The Labute approximate surface area is 130 Å². The largest absolute Gasteiger partial charge is 0.418 e. The maximum absolute atomic E-state index is 12.3. The first-order valence-electron chi connectivity index (χ1n) is 6.55. The van der Waals surface area contributed by atoms with Crippen molar-refractivity contribution in [1.29, 1.82) is 0 Å². The molecule has 126 valence electrons. The number of hydrogen-bond donors (Lipinski definition) is 3. The van der Waals surface area contributed by atoms with Crippen LogP contribution < -0.4 is 11.1 Å². The first-order valence-corrected chi connectivity index (χ1v) is 7.91. The first-order chi connectivity index (χ1) is 10.8. The second kappa shape index (κ2) is 5.16. The number of urea groups is 1. The summed E-state index contributed by atoms with van der Waals surface area (Å²) in [5, 5.41) is 7.05. The predicted molar refractivity (Wildman–Crippen MR) is 73.2 cm³/mol. The van der Waals surface area contributed by atoms with Crippen molar-refractivity contribution in [2.24, 2.45) is 5.73 Å². The molecule has 0 aliphatic carbocycles. The summed E-state index contributed by atoms with van der Waals surface area (Å²) in [7, 11) is -3.45. The van der Waals surface area contributed by atoms with Crippen molar-refractivity contribution >= 4 is 22.5 Å². The smallest absolute Gasteiger partial charge is 0.339 e. The lowest BCUT2D eigenvalue weighted by Crippen LogP contribution is -2.38. The number of hydrogen-bond acceptors (Lipinski definition) is 7. The number of nitrogens with one attached hydrogen (secondary N) is 1. The molecule has 0 spiro atoms. The highest BCUT2D eigenvalue weighted by molar-refractivity contribution is 7.80. The molecule has 2 atom stereocenters. The molecule has 0 aromatic carbocycles. The van der Waals surface area contributed by atoms with E-state index in [9.17, 15) is 18.0 Å². The van der Waals surface area contributed by atoms with Crippen LogP contribution in [0.5, 0.6) is 0 Å². The van der Waals surface area contributed by atoms with Crippen LogP contribution in [0.1, 0.15) is 23.3 Å². The first kappa shape index (κ1) is 15.7. The van der Waals surface area contributed by atoms with Crippen molar-refractivity contribution in [3.05, 3.63) is 17.5 Å². The summed E-state index contributed by atoms with van der Waals surface area (Å²) < 4.78 is 36.2. The highest BCUT2D eigenvalue weighted by Crippen LogP contribution is 2.43. The van der Waals surface area contributed by atoms with Crippen LogP contribution in [-0.4, -0.2) is 64.9 Å². The quantitative estimate of drug-likeness (QED) is 0.563. The maximum atomic E-state index is 12.3. The van der Waals surface area contributed by atoms with Gasteiger partial charge in [0.25, 0.3) is 0 Å². The second-order valence-corrected chi connectivity index (χ2v) is 6.00. The minimum atomic E-state index is -4.88.